The Labute approximate surface area is 258 Å². The largest absolute Gasteiger partial charge is 0.460 e. The number of ether oxygens (including phenoxy) is 1. The van der Waals surface area contributed by atoms with Gasteiger partial charge in [-0.05, 0) is 93.1 Å². The van der Waals surface area contributed by atoms with Crippen molar-refractivity contribution >= 4 is 46.0 Å². The number of fused-ring (bicyclic) bond motifs is 1. The number of carbonyl (C=O) groups is 2. The normalized spacial score (nSPS) is 13.1. The number of nitrogens with zero attached hydrogens (tertiary/aromatic N) is 2. The van der Waals surface area contributed by atoms with Crippen LogP contribution in [0.4, 0.5) is 0 Å². The van der Waals surface area contributed by atoms with Gasteiger partial charge < -0.3 is 10.1 Å². The van der Waals surface area contributed by atoms with E-state index in [9.17, 15) is 9.59 Å². The summed E-state index contributed by atoms with van der Waals surface area (Å²) in [6.45, 7) is 9.89. The number of hydrogen-bond donors (Lipinski definition) is 1. The molecule has 6 nitrogen and oxygen atoms in total. The number of hydrogen-bond acceptors (Lipinski definition) is 4. The SMILES string of the molecule is CCCC(c1ccc(C(=O)NCCC(=O)OC(C)(C)C)cc1)C(c1ccc(Cl)cc1)c1nn(C)c2c(Cl)cc(C)cc12. The highest BCUT2D eigenvalue weighted by Crippen LogP contribution is 2.44. The summed E-state index contributed by atoms with van der Waals surface area (Å²) < 4.78 is 7.19. The van der Waals surface area contributed by atoms with E-state index in [1.54, 1.807) is 0 Å². The van der Waals surface area contributed by atoms with E-state index in [0.717, 1.165) is 46.1 Å². The molecule has 0 aliphatic heterocycles. The molecule has 0 bridgehead atoms. The Balaban J connectivity index is 1.66. The molecule has 1 N–H and O–H groups in total. The van der Waals surface area contributed by atoms with E-state index >= 15 is 0 Å². The fourth-order valence-electron chi connectivity index (χ4n) is 5.50. The maximum absolute atomic E-state index is 12.8. The molecule has 2 atom stereocenters. The number of carbonyl (C=O) groups excluding carboxylic acids is 2. The molecule has 8 heteroatoms. The Bertz CT molecular complexity index is 1550. The van der Waals surface area contributed by atoms with Crippen molar-refractivity contribution in [1.82, 2.24) is 15.1 Å². The van der Waals surface area contributed by atoms with Crippen LogP contribution in [0.1, 0.15) is 91.5 Å². The number of nitrogens with one attached hydrogen (secondary N) is 1. The van der Waals surface area contributed by atoms with Crippen molar-refractivity contribution in [2.75, 3.05) is 6.54 Å². The fraction of sp³-hybridized carbons (Fsp3) is 0.382. The molecular weight excluding hydrogens is 569 g/mol. The maximum Gasteiger partial charge on any atom is 0.308 e. The summed E-state index contributed by atoms with van der Waals surface area (Å²) in [5, 5.41) is 10.2. The third-order valence-corrected chi connectivity index (χ3v) is 7.77. The molecule has 4 aromatic rings. The molecule has 222 valence electrons. The summed E-state index contributed by atoms with van der Waals surface area (Å²) in [4.78, 5) is 24.8. The van der Waals surface area contributed by atoms with Crippen molar-refractivity contribution in [2.45, 2.75) is 71.3 Å². The molecule has 0 spiro atoms. The molecule has 0 radical (unpaired) electrons. The van der Waals surface area contributed by atoms with Crippen LogP contribution >= 0.6 is 23.2 Å². The van der Waals surface area contributed by atoms with Gasteiger partial charge in [-0.1, -0.05) is 60.8 Å². The van der Waals surface area contributed by atoms with Gasteiger partial charge in [0.05, 0.1) is 22.7 Å². The molecule has 2 unspecified atom stereocenters. The molecule has 0 fully saturated rings. The minimum atomic E-state index is -0.553. The second kappa shape index (κ2) is 13.3. The lowest BCUT2D eigenvalue weighted by atomic mass is 9.76. The smallest absolute Gasteiger partial charge is 0.308 e. The molecule has 0 saturated heterocycles. The summed E-state index contributed by atoms with van der Waals surface area (Å²) in [5.41, 5.74) is 5.15. The first-order chi connectivity index (χ1) is 19.9. The van der Waals surface area contributed by atoms with Gasteiger partial charge in [0.1, 0.15) is 5.60 Å². The Kier molecular flexibility index (Phi) is 10.0. The monoisotopic (exact) mass is 607 g/mol. The summed E-state index contributed by atoms with van der Waals surface area (Å²) in [7, 11) is 1.93. The van der Waals surface area contributed by atoms with Crippen molar-refractivity contribution < 1.29 is 14.3 Å². The summed E-state index contributed by atoms with van der Waals surface area (Å²) >= 11 is 13.0. The second-order valence-corrected chi connectivity index (χ2v) is 12.6. The molecule has 42 heavy (non-hydrogen) atoms. The summed E-state index contributed by atoms with van der Waals surface area (Å²) in [5.74, 6) is -0.560. The van der Waals surface area contributed by atoms with Crippen LogP contribution in [0.5, 0.6) is 0 Å². The molecular formula is C34H39Cl2N3O3. The van der Waals surface area contributed by atoms with Crippen LogP contribution < -0.4 is 5.32 Å². The maximum atomic E-state index is 12.8. The van der Waals surface area contributed by atoms with Crippen molar-refractivity contribution in [2.24, 2.45) is 7.05 Å². The summed E-state index contributed by atoms with van der Waals surface area (Å²) in [6, 6.07) is 19.8. The quantitative estimate of drug-likeness (QED) is 0.184. The number of aryl methyl sites for hydroxylation is 2. The van der Waals surface area contributed by atoms with Crippen LogP contribution in [-0.4, -0.2) is 33.8 Å². The molecule has 4 rings (SSSR count). The first-order valence-electron chi connectivity index (χ1n) is 14.4. The van der Waals surface area contributed by atoms with Gasteiger partial charge in [0.15, 0.2) is 0 Å². The van der Waals surface area contributed by atoms with Crippen LogP contribution in [0.2, 0.25) is 10.0 Å². The first kappa shape index (κ1) is 31.6. The first-order valence-corrected chi connectivity index (χ1v) is 15.1. The van der Waals surface area contributed by atoms with E-state index in [1.807, 2.05) is 81.9 Å². The van der Waals surface area contributed by atoms with Crippen LogP contribution in [0.25, 0.3) is 10.9 Å². The fourth-order valence-corrected chi connectivity index (χ4v) is 6.02. The Morgan fingerprint density at radius 3 is 2.26 bits per heavy atom. The number of halogens is 2. The second-order valence-electron chi connectivity index (χ2n) is 11.8. The van der Waals surface area contributed by atoms with Crippen molar-refractivity contribution in [3.63, 3.8) is 0 Å². The van der Waals surface area contributed by atoms with Gasteiger partial charge in [0.2, 0.25) is 0 Å². The number of aromatic nitrogens is 2. The molecule has 1 heterocycles. The van der Waals surface area contributed by atoms with E-state index in [-0.39, 0.29) is 36.7 Å². The van der Waals surface area contributed by atoms with Gasteiger partial charge in [0.25, 0.3) is 5.91 Å². The Morgan fingerprint density at radius 1 is 1.00 bits per heavy atom. The zero-order valence-corrected chi connectivity index (χ0v) is 26.6. The Morgan fingerprint density at radius 2 is 1.64 bits per heavy atom. The lowest BCUT2D eigenvalue weighted by molar-refractivity contribution is -0.154. The zero-order chi connectivity index (χ0) is 30.6. The van der Waals surface area contributed by atoms with E-state index in [1.165, 1.54) is 0 Å². The third kappa shape index (κ3) is 7.53. The number of benzene rings is 3. The van der Waals surface area contributed by atoms with Gasteiger partial charge in [0, 0.05) is 35.5 Å². The van der Waals surface area contributed by atoms with Gasteiger partial charge in [-0.15, -0.1) is 0 Å². The number of esters is 1. The van der Waals surface area contributed by atoms with E-state index in [0.29, 0.717) is 15.6 Å². The average molecular weight is 609 g/mol. The molecule has 0 aliphatic carbocycles. The highest BCUT2D eigenvalue weighted by molar-refractivity contribution is 6.35. The molecule has 1 amide bonds. The third-order valence-electron chi connectivity index (χ3n) is 7.23. The van der Waals surface area contributed by atoms with Crippen LogP contribution in [0, 0.1) is 6.92 Å². The highest BCUT2D eigenvalue weighted by Gasteiger charge is 2.31. The van der Waals surface area contributed by atoms with Crippen LogP contribution in [0.15, 0.2) is 60.7 Å². The molecule has 1 aromatic heterocycles. The minimum absolute atomic E-state index is 0.0720. The molecule has 0 aliphatic rings. The Hall–Kier alpha value is -3.35. The van der Waals surface area contributed by atoms with E-state index < -0.39 is 5.60 Å². The highest BCUT2D eigenvalue weighted by atomic mass is 35.5. The minimum Gasteiger partial charge on any atom is -0.460 e. The van der Waals surface area contributed by atoms with Crippen molar-refractivity contribution in [1.29, 1.82) is 0 Å². The van der Waals surface area contributed by atoms with E-state index in [2.05, 4.69) is 30.4 Å². The predicted octanol–water partition coefficient (Wildman–Crippen LogP) is 8.37. The van der Waals surface area contributed by atoms with Crippen molar-refractivity contribution in [3.8, 4) is 0 Å². The zero-order valence-electron chi connectivity index (χ0n) is 25.1. The molecule has 0 saturated carbocycles. The topological polar surface area (TPSA) is 73.2 Å². The van der Waals surface area contributed by atoms with Crippen LogP contribution in [-0.2, 0) is 16.6 Å². The van der Waals surface area contributed by atoms with Crippen LogP contribution in [0.3, 0.4) is 0 Å². The van der Waals surface area contributed by atoms with Gasteiger partial charge >= 0.3 is 5.97 Å². The van der Waals surface area contributed by atoms with Gasteiger partial charge in [-0.25, -0.2) is 0 Å². The lowest BCUT2D eigenvalue weighted by Crippen LogP contribution is -2.29. The number of rotatable bonds is 10. The molecule has 3 aromatic carbocycles. The lowest BCUT2D eigenvalue weighted by Gasteiger charge is -2.27. The van der Waals surface area contributed by atoms with Gasteiger partial charge in [-0.3, -0.25) is 14.3 Å². The average Bonchev–Trinajstić information content (AvgIpc) is 3.24. The standard InChI is InChI=1S/C34H39Cl2N3O3/c1-7-8-26(22-9-11-24(12-10-22)33(41)37-18-17-29(40)42-34(3,4)5)30(23-13-15-25(35)16-14-23)31-27-19-21(2)20-28(36)32(27)39(6)38-31/h9-16,19-20,26,30H,7-8,17-18H2,1-6H3,(H,37,41). The number of amides is 1. The predicted molar refractivity (Wildman–Crippen MR) is 171 cm³/mol. The van der Waals surface area contributed by atoms with Crippen molar-refractivity contribution in [3.05, 3.63) is 98.7 Å². The summed E-state index contributed by atoms with van der Waals surface area (Å²) in [6.07, 6.45) is 1.99. The van der Waals surface area contributed by atoms with Gasteiger partial charge in [-0.2, -0.15) is 5.10 Å². The van der Waals surface area contributed by atoms with E-state index in [4.69, 9.17) is 33.0 Å².